The zero-order chi connectivity index (χ0) is 22.0. The minimum absolute atomic E-state index is 0.0190. The van der Waals surface area contributed by atoms with E-state index in [0.29, 0.717) is 12.3 Å². The molecule has 32 heavy (non-hydrogen) atoms. The Hall–Kier alpha value is -3.02. The van der Waals surface area contributed by atoms with Crippen LogP contribution in [0.3, 0.4) is 0 Å². The van der Waals surface area contributed by atoms with Crippen molar-refractivity contribution in [3.63, 3.8) is 0 Å². The molecule has 0 radical (unpaired) electrons. The number of rotatable bonds is 5. The van der Waals surface area contributed by atoms with Gasteiger partial charge in [-0.2, -0.15) is 0 Å². The second kappa shape index (κ2) is 8.85. The first-order valence-corrected chi connectivity index (χ1v) is 11.8. The van der Waals surface area contributed by atoms with Crippen LogP contribution in [0, 0.1) is 0 Å². The standard InChI is InChI=1S/C26H31N3O3/c30-24(27-26(14-9-15-26)20-10-3-1-4-11-20)19-29-18-23(25(31)28-16-7-2-8-17-28)32-22-13-6-5-12-21(22)29/h1,3-6,10-13,23H,2,7-9,14-19H2,(H,27,30). The van der Waals surface area contributed by atoms with E-state index in [4.69, 9.17) is 4.74 Å². The van der Waals surface area contributed by atoms with Crippen LogP contribution in [0.2, 0.25) is 0 Å². The molecule has 1 N–H and O–H groups in total. The number of carbonyl (C=O) groups is 2. The van der Waals surface area contributed by atoms with Crippen molar-refractivity contribution in [2.24, 2.45) is 0 Å². The third kappa shape index (κ3) is 4.06. The lowest BCUT2D eigenvalue weighted by Gasteiger charge is -2.44. The summed E-state index contributed by atoms with van der Waals surface area (Å²) in [6.45, 7) is 2.18. The number of piperidine rings is 1. The van der Waals surface area contributed by atoms with Gasteiger partial charge in [-0.15, -0.1) is 0 Å². The monoisotopic (exact) mass is 433 g/mol. The van der Waals surface area contributed by atoms with Gasteiger partial charge in [-0.25, -0.2) is 0 Å². The Morgan fingerprint density at radius 2 is 1.66 bits per heavy atom. The Bertz CT molecular complexity index is 967. The second-order valence-corrected chi connectivity index (χ2v) is 9.19. The van der Waals surface area contributed by atoms with E-state index in [2.05, 4.69) is 17.4 Å². The van der Waals surface area contributed by atoms with Crippen molar-refractivity contribution in [2.45, 2.75) is 50.2 Å². The van der Waals surface area contributed by atoms with Gasteiger partial charge in [-0.1, -0.05) is 42.5 Å². The zero-order valence-electron chi connectivity index (χ0n) is 18.5. The van der Waals surface area contributed by atoms with Gasteiger partial charge in [-0.05, 0) is 56.2 Å². The molecule has 0 spiro atoms. The van der Waals surface area contributed by atoms with Crippen molar-refractivity contribution in [1.29, 1.82) is 0 Å². The molecule has 2 aliphatic heterocycles. The van der Waals surface area contributed by atoms with Crippen molar-refractivity contribution in [3.05, 3.63) is 60.2 Å². The molecule has 6 nitrogen and oxygen atoms in total. The fraction of sp³-hybridized carbons (Fsp3) is 0.462. The summed E-state index contributed by atoms with van der Waals surface area (Å²) in [7, 11) is 0. The molecule has 2 aromatic rings. The molecule has 1 atom stereocenters. The molecule has 2 heterocycles. The molecule has 5 rings (SSSR count). The summed E-state index contributed by atoms with van der Waals surface area (Å²) in [6.07, 6.45) is 5.71. The second-order valence-electron chi connectivity index (χ2n) is 9.19. The Morgan fingerprint density at radius 3 is 2.38 bits per heavy atom. The van der Waals surface area contributed by atoms with Crippen LogP contribution in [0.5, 0.6) is 5.75 Å². The molecule has 2 amide bonds. The predicted molar refractivity (Wildman–Crippen MR) is 124 cm³/mol. The highest BCUT2D eigenvalue weighted by atomic mass is 16.5. The summed E-state index contributed by atoms with van der Waals surface area (Å²) >= 11 is 0. The van der Waals surface area contributed by atoms with E-state index in [1.54, 1.807) is 0 Å². The van der Waals surface area contributed by atoms with Crippen molar-refractivity contribution < 1.29 is 14.3 Å². The number of carbonyl (C=O) groups excluding carboxylic acids is 2. The van der Waals surface area contributed by atoms with Crippen molar-refractivity contribution in [2.75, 3.05) is 31.1 Å². The number of likely N-dealkylation sites (tertiary alicyclic amines) is 1. The van der Waals surface area contributed by atoms with Crippen LogP contribution in [0.25, 0.3) is 0 Å². The maximum absolute atomic E-state index is 13.2. The fourth-order valence-corrected chi connectivity index (χ4v) is 5.16. The van der Waals surface area contributed by atoms with E-state index in [9.17, 15) is 9.59 Å². The van der Waals surface area contributed by atoms with E-state index >= 15 is 0 Å². The Balaban J connectivity index is 1.31. The first-order chi connectivity index (χ1) is 15.6. The fourth-order valence-electron chi connectivity index (χ4n) is 5.16. The van der Waals surface area contributed by atoms with Gasteiger partial charge < -0.3 is 19.9 Å². The average molecular weight is 434 g/mol. The molecule has 168 valence electrons. The third-order valence-electron chi connectivity index (χ3n) is 7.05. The molecular weight excluding hydrogens is 402 g/mol. The third-order valence-corrected chi connectivity index (χ3v) is 7.05. The van der Waals surface area contributed by atoms with Gasteiger partial charge in [0.05, 0.1) is 24.3 Å². The highest BCUT2D eigenvalue weighted by molar-refractivity contribution is 5.86. The van der Waals surface area contributed by atoms with E-state index in [0.717, 1.165) is 50.9 Å². The van der Waals surface area contributed by atoms with Crippen LogP contribution in [-0.2, 0) is 15.1 Å². The number of benzene rings is 2. The molecule has 0 aromatic heterocycles. The van der Waals surface area contributed by atoms with Crippen molar-refractivity contribution >= 4 is 17.5 Å². The molecule has 1 saturated carbocycles. The molecule has 1 aliphatic carbocycles. The topological polar surface area (TPSA) is 61.9 Å². The number of fused-ring (bicyclic) bond motifs is 1. The largest absolute Gasteiger partial charge is 0.477 e. The van der Waals surface area contributed by atoms with Gasteiger partial charge in [0.25, 0.3) is 5.91 Å². The summed E-state index contributed by atoms with van der Waals surface area (Å²) in [5.41, 5.74) is 1.76. The number of hydrogen-bond acceptors (Lipinski definition) is 4. The summed E-state index contributed by atoms with van der Waals surface area (Å²) < 4.78 is 6.10. The van der Waals surface area contributed by atoms with E-state index in [1.807, 2.05) is 52.3 Å². The lowest BCUT2D eigenvalue weighted by atomic mass is 9.72. The first kappa shape index (κ1) is 20.9. The predicted octanol–water partition coefficient (Wildman–Crippen LogP) is 3.46. The van der Waals surface area contributed by atoms with Crippen LogP contribution in [0.15, 0.2) is 54.6 Å². The Kier molecular flexibility index (Phi) is 5.77. The average Bonchev–Trinajstić information content (AvgIpc) is 2.82. The van der Waals surface area contributed by atoms with Gasteiger partial charge in [0.2, 0.25) is 5.91 Å². The quantitative estimate of drug-likeness (QED) is 0.785. The molecule has 1 saturated heterocycles. The smallest absolute Gasteiger partial charge is 0.265 e. The maximum atomic E-state index is 13.2. The highest BCUT2D eigenvalue weighted by Crippen LogP contribution is 2.41. The number of nitrogens with zero attached hydrogens (tertiary/aromatic N) is 2. The van der Waals surface area contributed by atoms with Crippen LogP contribution in [-0.4, -0.2) is 49.0 Å². The minimum atomic E-state index is -0.581. The van der Waals surface area contributed by atoms with E-state index in [1.165, 1.54) is 12.0 Å². The lowest BCUT2D eigenvalue weighted by molar-refractivity contribution is -0.139. The minimum Gasteiger partial charge on any atom is -0.477 e. The number of ether oxygens (including phenoxy) is 1. The van der Waals surface area contributed by atoms with Gasteiger partial charge in [0.1, 0.15) is 5.75 Å². The summed E-state index contributed by atoms with van der Waals surface area (Å²) in [4.78, 5) is 30.2. The Morgan fingerprint density at radius 1 is 0.938 bits per heavy atom. The maximum Gasteiger partial charge on any atom is 0.265 e. The summed E-state index contributed by atoms with van der Waals surface area (Å²) in [6, 6.07) is 17.9. The van der Waals surface area contributed by atoms with Gasteiger partial charge in [0, 0.05) is 13.1 Å². The van der Waals surface area contributed by atoms with E-state index in [-0.39, 0.29) is 23.9 Å². The number of hydrogen-bond donors (Lipinski definition) is 1. The molecule has 6 heteroatoms. The van der Waals surface area contributed by atoms with Crippen LogP contribution in [0.1, 0.15) is 44.1 Å². The van der Waals surface area contributed by atoms with Crippen LogP contribution >= 0.6 is 0 Å². The van der Waals surface area contributed by atoms with Crippen molar-refractivity contribution in [1.82, 2.24) is 10.2 Å². The zero-order valence-corrected chi connectivity index (χ0v) is 18.5. The van der Waals surface area contributed by atoms with Gasteiger partial charge in [0.15, 0.2) is 6.10 Å². The first-order valence-electron chi connectivity index (χ1n) is 11.8. The molecule has 1 unspecified atom stereocenters. The summed E-state index contributed by atoms with van der Waals surface area (Å²) in [5.74, 6) is 0.683. The number of amides is 2. The SMILES string of the molecule is O=C(CN1CC(C(=O)N2CCCCC2)Oc2ccccc21)NC1(c2ccccc2)CCC1. The van der Waals surface area contributed by atoms with Crippen LogP contribution in [0.4, 0.5) is 5.69 Å². The Labute approximate surface area is 189 Å². The summed E-state index contributed by atoms with van der Waals surface area (Å²) in [5, 5.41) is 3.31. The molecule has 0 bridgehead atoms. The molecular formula is C26H31N3O3. The number of nitrogens with one attached hydrogen (secondary N) is 1. The molecule has 3 aliphatic rings. The van der Waals surface area contributed by atoms with Crippen molar-refractivity contribution in [3.8, 4) is 5.75 Å². The molecule has 2 fully saturated rings. The molecule has 2 aromatic carbocycles. The lowest BCUT2D eigenvalue weighted by Crippen LogP contribution is -2.56. The number of anilines is 1. The normalized spacial score (nSPS) is 21.7. The number of para-hydroxylation sites is 2. The van der Waals surface area contributed by atoms with E-state index < -0.39 is 6.10 Å². The van der Waals surface area contributed by atoms with Gasteiger partial charge in [-0.3, -0.25) is 9.59 Å². The van der Waals surface area contributed by atoms with Gasteiger partial charge >= 0.3 is 0 Å². The van der Waals surface area contributed by atoms with Crippen LogP contribution < -0.4 is 15.0 Å². The highest BCUT2D eigenvalue weighted by Gasteiger charge is 2.41.